The summed E-state index contributed by atoms with van der Waals surface area (Å²) in [5, 5.41) is 3.47. The summed E-state index contributed by atoms with van der Waals surface area (Å²) in [5.74, 6) is 0. The number of aryl methyl sites for hydroxylation is 1. The standard InChI is InChI=1S/C22H31N3O2/c1-21(2,3)17-7-9-18(10-8-17)22(11-6-12-22)15-23-13-16-14-24(4)20(27)25(5)19(16)26/h7-10,14,23H,6,11-13,15H2,1-5H3. The van der Waals surface area contributed by atoms with E-state index in [0.717, 1.165) is 6.54 Å². The topological polar surface area (TPSA) is 56.0 Å². The molecule has 1 heterocycles. The maximum Gasteiger partial charge on any atom is 0.330 e. The molecule has 146 valence electrons. The molecule has 1 aromatic carbocycles. The number of nitrogens with zero attached hydrogens (tertiary/aromatic N) is 2. The van der Waals surface area contributed by atoms with E-state index >= 15 is 0 Å². The number of aromatic nitrogens is 2. The van der Waals surface area contributed by atoms with Gasteiger partial charge in [0.15, 0.2) is 0 Å². The van der Waals surface area contributed by atoms with Gasteiger partial charge < -0.3 is 9.88 Å². The highest BCUT2D eigenvalue weighted by Crippen LogP contribution is 2.43. The first-order valence-electron chi connectivity index (χ1n) is 9.71. The molecule has 0 spiro atoms. The first kappa shape index (κ1) is 19.6. The number of benzene rings is 1. The molecule has 0 bridgehead atoms. The van der Waals surface area contributed by atoms with Crippen molar-refractivity contribution in [2.45, 2.75) is 57.4 Å². The second-order valence-electron chi connectivity index (χ2n) is 8.98. The van der Waals surface area contributed by atoms with Crippen LogP contribution in [-0.2, 0) is 31.5 Å². The van der Waals surface area contributed by atoms with Gasteiger partial charge >= 0.3 is 5.69 Å². The van der Waals surface area contributed by atoms with Crippen LogP contribution in [0.4, 0.5) is 0 Å². The number of hydrogen-bond donors (Lipinski definition) is 1. The molecule has 0 saturated heterocycles. The third-order valence-corrected chi connectivity index (χ3v) is 5.97. The molecule has 0 aliphatic heterocycles. The van der Waals surface area contributed by atoms with Crippen molar-refractivity contribution in [3.05, 3.63) is 68.0 Å². The van der Waals surface area contributed by atoms with Gasteiger partial charge in [-0.3, -0.25) is 9.36 Å². The molecule has 5 nitrogen and oxygen atoms in total. The monoisotopic (exact) mass is 369 g/mol. The van der Waals surface area contributed by atoms with Crippen LogP contribution in [0.1, 0.15) is 56.7 Å². The van der Waals surface area contributed by atoms with Gasteiger partial charge in [-0.25, -0.2) is 4.79 Å². The lowest BCUT2D eigenvalue weighted by atomic mass is 9.64. The first-order chi connectivity index (χ1) is 12.6. The van der Waals surface area contributed by atoms with Gasteiger partial charge in [0.25, 0.3) is 5.56 Å². The summed E-state index contributed by atoms with van der Waals surface area (Å²) < 4.78 is 2.63. The Morgan fingerprint density at radius 3 is 2.22 bits per heavy atom. The third kappa shape index (κ3) is 3.79. The van der Waals surface area contributed by atoms with Gasteiger partial charge in [-0.05, 0) is 29.4 Å². The fourth-order valence-corrected chi connectivity index (χ4v) is 3.94. The van der Waals surface area contributed by atoms with Crippen molar-refractivity contribution >= 4 is 0 Å². The van der Waals surface area contributed by atoms with Crippen molar-refractivity contribution in [2.75, 3.05) is 6.54 Å². The zero-order chi connectivity index (χ0) is 19.8. The molecule has 1 N–H and O–H groups in total. The molecule has 0 atom stereocenters. The number of nitrogens with one attached hydrogen (secondary N) is 1. The smallest absolute Gasteiger partial charge is 0.312 e. The molecule has 1 aliphatic rings. The van der Waals surface area contributed by atoms with Gasteiger partial charge in [-0.15, -0.1) is 0 Å². The van der Waals surface area contributed by atoms with E-state index in [1.165, 1.54) is 46.6 Å². The Bertz CT molecular complexity index is 926. The first-order valence-corrected chi connectivity index (χ1v) is 9.71. The highest BCUT2D eigenvalue weighted by Gasteiger charge is 2.38. The van der Waals surface area contributed by atoms with Crippen molar-refractivity contribution in [1.82, 2.24) is 14.5 Å². The number of hydrogen-bond acceptors (Lipinski definition) is 3. The van der Waals surface area contributed by atoms with E-state index in [2.05, 4.69) is 50.4 Å². The quantitative estimate of drug-likeness (QED) is 0.881. The molecule has 0 radical (unpaired) electrons. The predicted molar refractivity (Wildman–Crippen MR) is 109 cm³/mol. The van der Waals surface area contributed by atoms with E-state index in [1.807, 2.05) is 0 Å². The molecule has 0 unspecified atom stereocenters. The van der Waals surface area contributed by atoms with Gasteiger partial charge in [0.05, 0.1) is 0 Å². The van der Waals surface area contributed by atoms with Crippen LogP contribution in [0.15, 0.2) is 40.1 Å². The van der Waals surface area contributed by atoms with E-state index < -0.39 is 0 Å². The van der Waals surface area contributed by atoms with Crippen LogP contribution in [0.25, 0.3) is 0 Å². The zero-order valence-corrected chi connectivity index (χ0v) is 17.1. The molecule has 1 fully saturated rings. The molecule has 27 heavy (non-hydrogen) atoms. The summed E-state index contributed by atoms with van der Waals surface area (Å²) in [5.41, 5.74) is 3.15. The van der Waals surface area contributed by atoms with E-state index in [-0.39, 0.29) is 22.1 Å². The normalized spacial score (nSPS) is 16.2. The molecule has 2 aromatic rings. The van der Waals surface area contributed by atoms with Gasteiger partial charge in [-0.1, -0.05) is 51.5 Å². The fraction of sp³-hybridized carbons (Fsp3) is 0.545. The second kappa shape index (κ2) is 7.12. The summed E-state index contributed by atoms with van der Waals surface area (Å²) in [6.07, 6.45) is 5.22. The Balaban J connectivity index is 1.73. The van der Waals surface area contributed by atoms with Crippen LogP contribution in [0.3, 0.4) is 0 Å². The van der Waals surface area contributed by atoms with Crippen LogP contribution in [0.5, 0.6) is 0 Å². The Labute approximate surface area is 161 Å². The van der Waals surface area contributed by atoms with E-state index in [4.69, 9.17) is 0 Å². The van der Waals surface area contributed by atoms with E-state index in [9.17, 15) is 9.59 Å². The molecular formula is C22H31N3O2. The Kier molecular flexibility index (Phi) is 5.17. The van der Waals surface area contributed by atoms with Crippen molar-refractivity contribution in [2.24, 2.45) is 14.1 Å². The van der Waals surface area contributed by atoms with Crippen LogP contribution in [0.2, 0.25) is 0 Å². The Hall–Kier alpha value is -2.14. The van der Waals surface area contributed by atoms with Crippen LogP contribution in [-0.4, -0.2) is 15.7 Å². The lowest BCUT2D eigenvalue weighted by Crippen LogP contribution is -2.45. The van der Waals surface area contributed by atoms with Gasteiger partial charge in [0, 0.05) is 44.4 Å². The minimum Gasteiger partial charge on any atom is -0.312 e. The van der Waals surface area contributed by atoms with Gasteiger partial charge in [0.1, 0.15) is 0 Å². The minimum absolute atomic E-state index is 0.155. The van der Waals surface area contributed by atoms with Crippen molar-refractivity contribution < 1.29 is 0 Å². The molecule has 1 aliphatic carbocycles. The fourth-order valence-electron chi connectivity index (χ4n) is 3.94. The molecule has 0 amide bonds. The third-order valence-electron chi connectivity index (χ3n) is 5.97. The summed E-state index contributed by atoms with van der Waals surface area (Å²) in [6, 6.07) is 9.04. The maximum atomic E-state index is 12.3. The van der Waals surface area contributed by atoms with E-state index in [0.29, 0.717) is 12.1 Å². The SMILES string of the molecule is Cn1cc(CNCC2(c3ccc(C(C)(C)C)cc3)CCC2)c(=O)n(C)c1=O. The minimum atomic E-state index is -0.293. The molecule has 1 saturated carbocycles. The van der Waals surface area contributed by atoms with Crippen molar-refractivity contribution in [3.8, 4) is 0 Å². The summed E-state index contributed by atoms with van der Waals surface area (Å²) >= 11 is 0. The average Bonchev–Trinajstić information content (AvgIpc) is 2.59. The Morgan fingerprint density at radius 2 is 1.70 bits per heavy atom. The van der Waals surface area contributed by atoms with Crippen LogP contribution >= 0.6 is 0 Å². The Morgan fingerprint density at radius 1 is 1.07 bits per heavy atom. The molecule has 3 rings (SSSR count). The molecule has 1 aromatic heterocycles. The lowest BCUT2D eigenvalue weighted by Gasteiger charge is -2.43. The van der Waals surface area contributed by atoms with E-state index in [1.54, 1.807) is 13.2 Å². The predicted octanol–water partition coefficient (Wildman–Crippen LogP) is 2.59. The summed E-state index contributed by atoms with van der Waals surface area (Å²) in [7, 11) is 3.20. The van der Waals surface area contributed by atoms with Gasteiger partial charge in [0.2, 0.25) is 0 Å². The highest BCUT2D eigenvalue weighted by molar-refractivity contribution is 5.34. The summed E-state index contributed by atoms with van der Waals surface area (Å²) in [4.78, 5) is 24.1. The van der Waals surface area contributed by atoms with Gasteiger partial charge in [-0.2, -0.15) is 0 Å². The molecule has 5 heteroatoms. The molecular weight excluding hydrogens is 338 g/mol. The van der Waals surface area contributed by atoms with Crippen LogP contribution in [0, 0.1) is 0 Å². The zero-order valence-electron chi connectivity index (χ0n) is 17.1. The highest BCUT2D eigenvalue weighted by atomic mass is 16.2. The maximum absolute atomic E-state index is 12.3. The second-order valence-corrected chi connectivity index (χ2v) is 8.98. The summed E-state index contributed by atoms with van der Waals surface area (Å²) in [6.45, 7) is 8.01. The average molecular weight is 370 g/mol. The van der Waals surface area contributed by atoms with Crippen LogP contribution < -0.4 is 16.6 Å². The lowest BCUT2D eigenvalue weighted by molar-refractivity contribution is 0.233. The van der Waals surface area contributed by atoms with Crippen molar-refractivity contribution in [3.63, 3.8) is 0 Å². The number of rotatable bonds is 5. The largest absolute Gasteiger partial charge is 0.330 e. The van der Waals surface area contributed by atoms with Crippen molar-refractivity contribution in [1.29, 1.82) is 0 Å².